The zero-order valence-corrected chi connectivity index (χ0v) is 8.20. The van der Waals surface area contributed by atoms with Crippen molar-refractivity contribution in [1.82, 2.24) is 0 Å². The first kappa shape index (κ1) is 10.4. The van der Waals surface area contributed by atoms with Crippen LogP contribution in [0.2, 0.25) is 0 Å². The molecule has 14 heavy (non-hydrogen) atoms. The van der Waals surface area contributed by atoms with Crippen molar-refractivity contribution in [3.05, 3.63) is 29.3 Å². The third-order valence-electron chi connectivity index (χ3n) is 1.94. The molecule has 0 spiro atoms. The fourth-order valence-electron chi connectivity index (χ4n) is 1.33. The van der Waals surface area contributed by atoms with E-state index in [-0.39, 0.29) is 29.3 Å². The van der Waals surface area contributed by atoms with Gasteiger partial charge in [-0.15, -0.1) is 0 Å². The number of hydrogen-bond donors (Lipinski definition) is 1. The zero-order valence-electron chi connectivity index (χ0n) is 8.20. The number of phenols is 1. The molecule has 0 heterocycles. The molecule has 0 amide bonds. The summed E-state index contributed by atoms with van der Waals surface area (Å²) < 4.78 is 0. The van der Waals surface area contributed by atoms with E-state index in [4.69, 9.17) is 0 Å². The van der Waals surface area contributed by atoms with Crippen molar-refractivity contribution in [1.29, 1.82) is 0 Å². The SMILES string of the molecule is CC(=O)CC(=O)c1c(C)cccc1O. The molecule has 0 aliphatic carbocycles. The molecule has 1 aromatic rings. The third-order valence-corrected chi connectivity index (χ3v) is 1.94. The maximum Gasteiger partial charge on any atom is 0.174 e. The smallest absolute Gasteiger partial charge is 0.174 e. The van der Waals surface area contributed by atoms with E-state index >= 15 is 0 Å². The molecule has 0 saturated carbocycles. The molecule has 0 aliphatic rings. The number of aryl methyl sites for hydroxylation is 1. The van der Waals surface area contributed by atoms with E-state index < -0.39 is 0 Å². The Morgan fingerprint density at radius 3 is 2.50 bits per heavy atom. The molecule has 0 aromatic heterocycles. The van der Waals surface area contributed by atoms with Gasteiger partial charge in [0.25, 0.3) is 0 Å². The Labute approximate surface area is 82.4 Å². The molecule has 1 N–H and O–H groups in total. The molecule has 3 nitrogen and oxygen atoms in total. The van der Waals surface area contributed by atoms with Crippen LogP contribution in [0.4, 0.5) is 0 Å². The number of rotatable bonds is 3. The number of carbonyl (C=O) groups is 2. The normalized spacial score (nSPS) is 9.86. The molecule has 0 radical (unpaired) electrons. The Hall–Kier alpha value is -1.64. The van der Waals surface area contributed by atoms with Crippen molar-refractivity contribution in [3.8, 4) is 5.75 Å². The molecular formula is C11H12O3. The molecular weight excluding hydrogens is 180 g/mol. The van der Waals surface area contributed by atoms with Gasteiger partial charge in [0.1, 0.15) is 11.5 Å². The summed E-state index contributed by atoms with van der Waals surface area (Å²) in [6.07, 6.45) is -0.154. The van der Waals surface area contributed by atoms with Crippen LogP contribution in [0.15, 0.2) is 18.2 Å². The molecule has 3 heteroatoms. The van der Waals surface area contributed by atoms with Crippen molar-refractivity contribution in [2.75, 3.05) is 0 Å². The van der Waals surface area contributed by atoms with Gasteiger partial charge in [-0.05, 0) is 25.5 Å². The van der Waals surface area contributed by atoms with E-state index in [9.17, 15) is 14.7 Å². The number of ketones is 2. The summed E-state index contributed by atoms with van der Waals surface area (Å²) >= 11 is 0. The van der Waals surface area contributed by atoms with E-state index in [2.05, 4.69) is 0 Å². The summed E-state index contributed by atoms with van der Waals surface area (Å²) in [6, 6.07) is 4.84. The van der Waals surface area contributed by atoms with E-state index in [0.29, 0.717) is 5.56 Å². The van der Waals surface area contributed by atoms with Gasteiger partial charge in [0, 0.05) is 0 Å². The maximum atomic E-state index is 11.5. The quantitative estimate of drug-likeness (QED) is 0.587. The molecule has 0 fully saturated rings. The second-order valence-corrected chi connectivity index (χ2v) is 3.27. The zero-order chi connectivity index (χ0) is 10.7. The average molecular weight is 192 g/mol. The molecule has 0 bridgehead atoms. The molecule has 0 saturated heterocycles. The summed E-state index contributed by atoms with van der Waals surface area (Å²) in [4.78, 5) is 22.3. The largest absolute Gasteiger partial charge is 0.507 e. The van der Waals surface area contributed by atoms with Crippen LogP contribution in [0.1, 0.15) is 29.3 Å². The highest BCUT2D eigenvalue weighted by Gasteiger charge is 2.14. The van der Waals surface area contributed by atoms with Crippen molar-refractivity contribution < 1.29 is 14.7 Å². The fourth-order valence-corrected chi connectivity index (χ4v) is 1.33. The number of benzene rings is 1. The fraction of sp³-hybridized carbons (Fsp3) is 0.273. The average Bonchev–Trinajstić information content (AvgIpc) is 2.01. The van der Waals surface area contributed by atoms with Gasteiger partial charge >= 0.3 is 0 Å². The summed E-state index contributed by atoms with van der Waals surface area (Å²) in [7, 11) is 0. The van der Waals surface area contributed by atoms with Crippen molar-refractivity contribution in [2.45, 2.75) is 20.3 Å². The predicted octanol–water partition coefficient (Wildman–Crippen LogP) is 1.86. The van der Waals surface area contributed by atoms with Crippen molar-refractivity contribution >= 4 is 11.6 Å². The van der Waals surface area contributed by atoms with Gasteiger partial charge in [0.05, 0.1) is 12.0 Å². The number of hydrogen-bond acceptors (Lipinski definition) is 3. The molecule has 0 unspecified atom stereocenters. The van der Waals surface area contributed by atoms with Crippen molar-refractivity contribution in [2.24, 2.45) is 0 Å². The highest BCUT2D eigenvalue weighted by molar-refractivity contribution is 6.09. The lowest BCUT2D eigenvalue weighted by molar-refractivity contribution is -0.116. The van der Waals surface area contributed by atoms with E-state index in [0.717, 1.165) is 0 Å². The van der Waals surface area contributed by atoms with Gasteiger partial charge in [-0.2, -0.15) is 0 Å². The van der Waals surface area contributed by atoms with E-state index in [1.54, 1.807) is 19.1 Å². The lowest BCUT2D eigenvalue weighted by atomic mass is 10.0. The van der Waals surface area contributed by atoms with Gasteiger partial charge in [-0.1, -0.05) is 12.1 Å². The molecule has 0 atom stereocenters. The number of carbonyl (C=O) groups excluding carboxylic acids is 2. The Morgan fingerprint density at radius 2 is 2.00 bits per heavy atom. The molecule has 74 valence electrons. The van der Waals surface area contributed by atoms with Gasteiger partial charge in [0.15, 0.2) is 5.78 Å². The first-order chi connectivity index (χ1) is 6.52. The van der Waals surface area contributed by atoms with E-state index in [1.807, 2.05) is 0 Å². The Kier molecular flexibility index (Phi) is 3.02. The van der Waals surface area contributed by atoms with Crippen LogP contribution in [0, 0.1) is 6.92 Å². The summed E-state index contributed by atoms with van der Waals surface area (Å²) in [5.74, 6) is -0.581. The standard InChI is InChI=1S/C11H12O3/c1-7-4-3-5-9(13)11(7)10(14)6-8(2)12/h3-5,13H,6H2,1-2H3. The number of Topliss-reactive ketones (excluding diaryl/α,β-unsaturated/α-hetero) is 2. The lowest BCUT2D eigenvalue weighted by Crippen LogP contribution is -2.06. The second kappa shape index (κ2) is 4.05. The van der Waals surface area contributed by atoms with Gasteiger partial charge in [0.2, 0.25) is 0 Å². The van der Waals surface area contributed by atoms with Crippen LogP contribution in [-0.2, 0) is 4.79 Å². The lowest BCUT2D eigenvalue weighted by Gasteiger charge is -2.05. The Morgan fingerprint density at radius 1 is 1.36 bits per heavy atom. The number of phenolic OH excluding ortho intramolecular Hbond substituents is 1. The molecule has 0 aliphatic heterocycles. The van der Waals surface area contributed by atoms with Gasteiger partial charge < -0.3 is 5.11 Å². The van der Waals surface area contributed by atoms with Crippen LogP contribution in [-0.4, -0.2) is 16.7 Å². The van der Waals surface area contributed by atoms with Crippen LogP contribution in [0.5, 0.6) is 5.75 Å². The van der Waals surface area contributed by atoms with Crippen LogP contribution < -0.4 is 0 Å². The minimum Gasteiger partial charge on any atom is -0.507 e. The number of aromatic hydroxyl groups is 1. The summed E-state index contributed by atoms with van der Waals surface area (Å²) in [6.45, 7) is 3.08. The minimum absolute atomic E-state index is 0.0590. The third kappa shape index (κ3) is 2.19. The molecule has 1 aromatic carbocycles. The van der Waals surface area contributed by atoms with Crippen LogP contribution >= 0.6 is 0 Å². The highest BCUT2D eigenvalue weighted by atomic mass is 16.3. The first-order valence-electron chi connectivity index (χ1n) is 4.33. The van der Waals surface area contributed by atoms with E-state index in [1.165, 1.54) is 13.0 Å². The van der Waals surface area contributed by atoms with Crippen LogP contribution in [0.25, 0.3) is 0 Å². The molecule has 1 rings (SSSR count). The topological polar surface area (TPSA) is 54.4 Å². The van der Waals surface area contributed by atoms with Crippen molar-refractivity contribution in [3.63, 3.8) is 0 Å². The second-order valence-electron chi connectivity index (χ2n) is 3.27. The summed E-state index contributed by atoms with van der Waals surface area (Å²) in [5, 5.41) is 9.44. The first-order valence-corrected chi connectivity index (χ1v) is 4.33. The minimum atomic E-state index is -0.326. The Balaban J connectivity index is 3.06. The Bertz CT molecular complexity index is 360. The monoisotopic (exact) mass is 192 g/mol. The summed E-state index contributed by atoms with van der Waals surface area (Å²) in [5.41, 5.74) is 0.943. The van der Waals surface area contributed by atoms with Gasteiger partial charge in [-0.25, -0.2) is 0 Å². The maximum absolute atomic E-state index is 11.5. The predicted molar refractivity (Wildman–Crippen MR) is 52.5 cm³/mol. The highest BCUT2D eigenvalue weighted by Crippen LogP contribution is 2.21. The van der Waals surface area contributed by atoms with Gasteiger partial charge in [-0.3, -0.25) is 9.59 Å². The van der Waals surface area contributed by atoms with Crippen LogP contribution in [0.3, 0.4) is 0 Å².